The molecule has 0 saturated heterocycles. The molecule has 0 bridgehead atoms. The normalized spacial score (nSPS) is 15.5. The molecule has 4 aromatic rings. The van der Waals surface area contributed by atoms with Crippen LogP contribution in [0.25, 0.3) is 33.4 Å². The molecule has 3 aliphatic carbocycles. The van der Waals surface area contributed by atoms with Crippen molar-refractivity contribution in [3.8, 4) is 33.4 Å². The van der Waals surface area contributed by atoms with Crippen LogP contribution < -0.4 is 0 Å². The van der Waals surface area contributed by atoms with Crippen LogP contribution in [0.15, 0.2) is 54.6 Å². The summed E-state index contributed by atoms with van der Waals surface area (Å²) in [6.07, 6.45) is 17.1. The number of carboxylic acid groups (broad SMARTS) is 3. The summed E-state index contributed by atoms with van der Waals surface area (Å²) in [4.78, 5) is 38.7. The minimum absolute atomic E-state index is 0.302. The summed E-state index contributed by atoms with van der Waals surface area (Å²) >= 11 is 0. The molecular weight excluding hydrogens is 745 g/mol. The fourth-order valence-electron chi connectivity index (χ4n) is 12.1. The first kappa shape index (κ1) is 43.4. The van der Waals surface area contributed by atoms with E-state index in [0.29, 0.717) is 16.7 Å². The third kappa shape index (κ3) is 6.63. The first-order chi connectivity index (χ1) is 29.0. The number of carbonyl (C=O) groups is 3. The van der Waals surface area contributed by atoms with Gasteiger partial charge in [-0.15, -0.1) is 0 Å². The van der Waals surface area contributed by atoms with Crippen LogP contribution >= 0.6 is 0 Å². The van der Waals surface area contributed by atoms with Crippen molar-refractivity contribution in [1.82, 2.24) is 0 Å². The smallest absolute Gasteiger partial charge is 0.335 e. The van der Waals surface area contributed by atoms with Gasteiger partial charge >= 0.3 is 17.9 Å². The van der Waals surface area contributed by atoms with Crippen LogP contribution in [0.3, 0.4) is 0 Å². The lowest BCUT2D eigenvalue weighted by molar-refractivity contribution is 0.0686. The zero-order chi connectivity index (χ0) is 43.0. The number of aromatic carboxylic acids is 3. The third-order valence-corrected chi connectivity index (χ3v) is 14.8. The molecule has 0 atom stereocenters. The van der Waals surface area contributed by atoms with Gasteiger partial charge in [0, 0.05) is 16.2 Å². The molecule has 60 heavy (non-hydrogen) atoms. The molecule has 0 aliphatic heterocycles. The zero-order valence-electron chi connectivity index (χ0n) is 37.0. The summed E-state index contributed by atoms with van der Waals surface area (Å²) in [5.74, 6) is -2.78. The van der Waals surface area contributed by atoms with Gasteiger partial charge in [-0.25, -0.2) is 14.4 Å². The van der Waals surface area contributed by atoms with Crippen LogP contribution in [0.5, 0.6) is 0 Å². The molecule has 6 heteroatoms. The molecule has 0 spiro atoms. The maximum Gasteiger partial charge on any atom is 0.335 e. The van der Waals surface area contributed by atoms with Gasteiger partial charge in [0.15, 0.2) is 0 Å². The molecule has 3 N–H and O–H groups in total. The third-order valence-electron chi connectivity index (χ3n) is 14.8. The summed E-state index contributed by atoms with van der Waals surface area (Å²) in [6.45, 7) is 13.4. The summed E-state index contributed by atoms with van der Waals surface area (Å²) in [5.41, 5.74) is 13.8. The highest BCUT2D eigenvalue weighted by Crippen LogP contribution is 2.71. The van der Waals surface area contributed by atoms with Gasteiger partial charge in [-0.1, -0.05) is 137 Å². The van der Waals surface area contributed by atoms with Crippen molar-refractivity contribution >= 4 is 17.9 Å². The summed E-state index contributed by atoms with van der Waals surface area (Å²) in [5, 5.41) is 31.7. The van der Waals surface area contributed by atoms with Crippen LogP contribution in [-0.4, -0.2) is 33.2 Å². The lowest BCUT2D eigenvalue weighted by Crippen LogP contribution is -2.31. The van der Waals surface area contributed by atoms with E-state index in [1.165, 1.54) is 33.4 Å². The summed E-state index contributed by atoms with van der Waals surface area (Å²) < 4.78 is 0. The van der Waals surface area contributed by atoms with Gasteiger partial charge in [0.2, 0.25) is 0 Å². The number of unbranched alkanes of at least 4 members (excludes halogenated alkanes) is 6. The van der Waals surface area contributed by atoms with E-state index in [9.17, 15) is 29.7 Å². The lowest BCUT2D eigenvalue weighted by atomic mass is 9.63. The molecule has 318 valence electrons. The van der Waals surface area contributed by atoms with Gasteiger partial charge in [0.1, 0.15) is 0 Å². The van der Waals surface area contributed by atoms with Crippen LogP contribution in [0.4, 0.5) is 0 Å². The molecular formula is C54H66O6. The van der Waals surface area contributed by atoms with Gasteiger partial charge in [-0.3, -0.25) is 0 Å². The fraction of sp³-hybridized carbons (Fsp3) is 0.500. The first-order valence-electron chi connectivity index (χ1n) is 23.4. The van der Waals surface area contributed by atoms with Crippen LogP contribution in [0.2, 0.25) is 0 Å². The van der Waals surface area contributed by atoms with Gasteiger partial charge in [0.25, 0.3) is 0 Å². The molecule has 6 nitrogen and oxygen atoms in total. The van der Waals surface area contributed by atoms with E-state index >= 15 is 0 Å². The highest BCUT2D eigenvalue weighted by Gasteiger charge is 2.57. The van der Waals surface area contributed by atoms with E-state index in [1.807, 2.05) is 18.2 Å². The van der Waals surface area contributed by atoms with Gasteiger partial charge < -0.3 is 15.3 Å². The van der Waals surface area contributed by atoms with Gasteiger partial charge in [0.05, 0.1) is 16.7 Å². The van der Waals surface area contributed by atoms with Crippen molar-refractivity contribution in [3.05, 3.63) is 105 Å². The lowest BCUT2D eigenvalue weighted by Gasteiger charge is -2.39. The Morgan fingerprint density at radius 2 is 0.600 bits per heavy atom. The largest absolute Gasteiger partial charge is 0.478 e. The van der Waals surface area contributed by atoms with Gasteiger partial charge in [-0.05, 0) is 142 Å². The monoisotopic (exact) mass is 810 g/mol. The van der Waals surface area contributed by atoms with Crippen molar-refractivity contribution < 1.29 is 29.7 Å². The quantitative estimate of drug-likeness (QED) is 0.0773. The maximum atomic E-state index is 12.9. The number of hydrogen-bond acceptors (Lipinski definition) is 3. The minimum atomic E-state index is -0.928. The SMILES string of the molecule is CCCCC1(CCCC)c2cc(C(=O)O)ccc2-c2c1c1c(c3c2C(CCCC)(CCCC)c2cc(C(=O)O)ccc2-3)C(CCCC)(CCCC)c2cc(C(=O)O)ccc2-1. The molecule has 7 rings (SSSR count). The van der Waals surface area contributed by atoms with Crippen molar-refractivity contribution in [2.75, 3.05) is 0 Å². The molecule has 0 fully saturated rings. The standard InChI is InChI=1S/C54H66O6/c1-7-13-25-52(26-14-8-2)40-31-34(49(55)56)19-22-37(40)43-46(52)44-38-23-20-35(50(57)58)32-41(38)53(27-15-9-3,28-16-10-4)48(44)45-39-24-21-36(51(59)60)33-42(39)54(47(43)45,29-17-11-5)30-18-12-6/h19-24,31-33H,7-18,25-30H2,1-6H3,(H,55,56)(H,57,58)(H,59,60). The van der Waals surface area contributed by atoms with Gasteiger partial charge in [-0.2, -0.15) is 0 Å². The Morgan fingerprint density at radius 3 is 0.783 bits per heavy atom. The van der Waals surface area contributed by atoms with Crippen molar-refractivity contribution in [2.24, 2.45) is 0 Å². The van der Waals surface area contributed by atoms with E-state index in [1.54, 1.807) is 18.2 Å². The number of fused-ring (bicyclic) bond motifs is 12. The molecule has 0 aromatic heterocycles. The van der Waals surface area contributed by atoms with Crippen molar-refractivity contribution in [1.29, 1.82) is 0 Å². The van der Waals surface area contributed by atoms with E-state index in [-0.39, 0.29) is 0 Å². The minimum Gasteiger partial charge on any atom is -0.478 e. The molecule has 0 radical (unpaired) electrons. The van der Waals surface area contributed by atoms with E-state index in [0.717, 1.165) is 149 Å². The molecule has 4 aromatic carbocycles. The Bertz CT molecular complexity index is 2010. The summed E-state index contributed by atoms with van der Waals surface area (Å²) in [7, 11) is 0. The van der Waals surface area contributed by atoms with Crippen LogP contribution in [0.1, 0.15) is 222 Å². The van der Waals surface area contributed by atoms with Crippen LogP contribution in [-0.2, 0) is 16.2 Å². The predicted octanol–water partition coefficient (Wildman–Crippen LogP) is 14.7. The predicted molar refractivity (Wildman–Crippen MR) is 243 cm³/mol. The van der Waals surface area contributed by atoms with Crippen LogP contribution in [0, 0.1) is 0 Å². The number of benzene rings is 4. The molecule has 0 heterocycles. The Kier molecular flexibility index (Phi) is 12.5. The van der Waals surface area contributed by atoms with E-state index in [4.69, 9.17) is 0 Å². The van der Waals surface area contributed by atoms with Crippen molar-refractivity contribution in [3.63, 3.8) is 0 Å². The topological polar surface area (TPSA) is 112 Å². The Labute approximate surface area is 357 Å². The number of hydrogen-bond donors (Lipinski definition) is 3. The first-order valence-corrected chi connectivity index (χ1v) is 23.4. The Hall–Kier alpha value is -4.71. The average molecular weight is 811 g/mol. The Morgan fingerprint density at radius 1 is 0.383 bits per heavy atom. The van der Waals surface area contributed by atoms with Crippen molar-refractivity contribution in [2.45, 2.75) is 173 Å². The maximum absolute atomic E-state index is 12.9. The van der Waals surface area contributed by atoms with E-state index in [2.05, 4.69) is 59.7 Å². The average Bonchev–Trinajstić information content (AvgIpc) is 3.80. The number of rotatable bonds is 21. The molecule has 3 aliphatic rings. The second-order valence-corrected chi connectivity index (χ2v) is 18.3. The fourth-order valence-corrected chi connectivity index (χ4v) is 12.1. The molecule has 0 amide bonds. The highest BCUT2D eigenvalue weighted by molar-refractivity contribution is 6.06. The number of carboxylic acids is 3. The second kappa shape index (κ2) is 17.3. The Balaban J connectivity index is 1.81. The second-order valence-electron chi connectivity index (χ2n) is 18.3. The zero-order valence-corrected chi connectivity index (χ0v) is 37.0. The van der Waals surface area contributed by atoms with E-state index < -0.39 is 34.2 Å². The highest BCUT2D eigenvalue weighted by atomic mass is 16.4. The molecule has 0 unspecified atom stereocenters. The summed E-state index contributed by atoms with van der Waals surface area (Å²) in [6, 6.07) is 17.7. The molecule has 0 saturated carbocycles.